The molecule has 0 spiro atoms. The maximum Gasteiger partial charge on any atom is 0.220 e. The van der Waals surface area contributed by atoms with Gasteiger partial charge in [0.1, 0.15) is 5.82 Å². The fourth-order valence-electron chi connectivity index (χ4n) is 3.08. The molecule has 0 unspecified atom stereocenters. The van der Waals surface area contributed by atoms with Crippen molar-refractivity contribution in [3.63, 3.8) is 0 Å². The van der Waals surface area contributed by atoms with Crippen molar-refractivity contribution in [1.82, 2.24) is 14.7 Å². The smallest absolute Gasteiger partial charge is 0.220 e. The SMILES string of the molecule is COc1ccc(CCCC(=O)NCCc2ncc3ccccn23)cc1OC. The first-order valence-corrected chi connectivity index (χ1v) is 9.10. The molecule has 0 saturated heterocycles. The lowest BCUT2D eigenvalue weighted by atomic mass is 10.1. The van der Waals surface area contributed by atoms with Gasteiger partial charge in [0.15, 0.2) is 11.5 Å². The number of carbonyl (C=O) groups is 1. The summed E-state index contributed by atoms with van der Waals surface area (Å²) in [7, 11) is 3.24. The summed E-state index contributed by atoms with van der Waals surface area (Å²) in [6.07, 6.45) is 6.64. The van der Waals surface area contributed by atoms with E-state index in [4.69, 9.17) is 9.47 Å². The maximum absolute atomic E-state index is 12.1. The van der Waals surface area contributed by atoms with Gasteiger partial charge >= 0.3 is 0 Å². The van der Waals surface area contributed by atoms with E-state index in [9.17, 15) is 4.79 Å². The maximum atomic E-state index is 12.1. The molecular formula is C21H25N3O3. The standard InChI is InChI=1S/C21H25N3O3/c1-26-18-10-9-16(14-19(18)27-2)6-5-8-21(25)22-12-11-20-23-15-17-7-3-4-13-24(17)20/h3-4,7,9-10,13-15H,5-6,8,11-12H2,1-2H3,(H,22,25). The van der Waals surface area contributed by atoms with Gasteiger partial charge in [-0.3, -0.25) is 4.79 Å². The van der Waals surface area contributed by atoms with Gasteiger partial charge in [0, 0.05) is 25.6 Å². The summed E-state index contributed by atoms with van der Waals surface area (Å²) in [4.78, 5) is 16.5. The van der Waals surface area contributed by atoms with E-state index < -0.39 is 0 Å². The first-order chi connectivity index (χ1) is 13.2. The fraction of sp³-hybridized carbons (Fsp3) is 0.333. The highest BCUT2D eigenvalue weighted by atomic mass is 16.5. The molecule has 1 amide bonds. The number of hydrogen-bond acceptors (Lipinski definition) is 4. The Kier molecular flexibility index (Phi) is 6.30. The number of aryl methyl sites for hydroxylation is 1. The minimum absolute atomic E-state index is 0.0661. The Morgan fingerprint density at radius 2 is 1.96 bits per heavy atom. The molecule has 0 saturated carbocycles. The molecule has 3 rings (SSSR count). The third-order valence-electron chi connectivity index (χ3n) is 4.50. The van der Waals surface area contributed by atoms with Crippen molar-refractivity contribution >= 4 is 11.4 Å². The van der Waals surface area contributed by atoms with Gasteiger partial charge in [-0.15, -0.1) is 0 Å². The Morgan fingerprint density at radius 3 is 2.78 bits per heavy atom. The highest BCUT2D eigenvalue weighted by Crippen LogP contribution is 2.28. The number of imidazole rings is 1. The highest BCUT2D eigenvalue weighted by Gasteiger charge is 2.07. The number of pyridine rings is 1. The molecule has 6 heteroatoms. The van der Waals surface area contributed by atoms with Crippen molar-refractivity contribution in [2.45, 2.75) is 25.7 Å². The second-order valence-electron chi connectivity index (χ2n) is 6.31. The van der Waals surface area contributed by atoms with Crippen LogP contribution in [0, 0.1) is 0 Å². The third-order valence-corrected chi connectivity index (χ3v) is 4.50. The Hall–Kier alpha value is -3.02. The number of fused-ring (bicyclic) bond motifs is 1. The molecule has 0 atom stereocenters. The molecule has 2 aromatic heterocycles. The zero-order valence-corrected chi connectivity index (χ0v) is 15.8. The number of methoxy groups -OCH3 is 2. The third kappa shape index (κ3) is 4.78. The summed E-state index contributed by atoms with van der Waals surface area (Å²) >= 11 is 0. The molecular weight excluding hydrogens is 342 g/mol. The molecule has 27 heavy (non-hydrogen) atoms. The number of nitrogens with one attached hydrogen (secondary N) is 1. The second-order valence-corrected chi connectivity index (χ2v) is 6.31. The van der Waals surface area contributed by atoms with Crippen LogP contribution in [0.15, 0.2) is 48.8 Å². The number of ether oxygens (including phenoxy) is 2. The van der Waals surface area contributed by atoms with Gasteiger partial charge in [0.25, 0.3) is 0 Å². The number of amides is 1. The van der Waals surface area contributed by atoms with Gasteiger partial charge in [0.2, 0.25) is 5.91 Å². The highest BCUT2D eigenvalue weighted by molar-refractivity contribution is 5.75. The molecule has 0 aliphatic heterocycles. The molecule has 3 aromatic rings. The second kappa shape index (κ2) is 9.07. The molecule has 0 fully saturated rings. The van der Waals surface area contributed by atoms with Crippen LogP contribution in [0.2, 0.25) is 0 Å². The summed E-state index contributed by atoms with van der Waals surface area (Å²) in [5.41, 5.74) is 2.19. The van der Waals surface area contributed by atoms with Gasteiger partial charge in [-0.2, -0.15) is 0 Å². The van der Waals surface area contributed by atoms with Crippen molar-refractivity contribution in [2.24, 2.45) is 0 Å². The topological polar surface area (TPSA) is 64.9 Å². The van der Waals surface area contributed by atoms with E-state index in [1.54, 1.807) is 14.2 Å². The lowest BCUT2D eigenvalue weighted by Gasteiger charge is -2.09. The van der Waals surface area contributed by atoms with E-state index in [-0.39, 0.29) is 5.91 Å². The number of nitrogens with zero attached hydrogens (tertiary/aromatic N) is 2. The minimum Gasteiger partial charge on any atom is -0.493 e. The van der Waals surface area contributed by atoms with E-state index >= 15 is 0 Å². The van der Waals surface area contributed by atoms with Crippen LogP contribution in [0.1, 0.15) is 24.2 Å². The summed E-state index contributed by atoms with van der Waals surface area (Å²) < 4.78 is 12.6. The lowest BCUT2D eigenvalue weighted by Crippen LogP contribution is -2.26. The monoisotopic (exact) mass is 367 g/mol. The zero-order chi connectivity index (χ0) is 19.1. The number of benzene rings is 1. The van der Waals surface area contributed by atoms with Crippen LogP contribution >= 0.6 is 0 Å². The van der Waals surface area contributed by atoms with Crippen LogP contribution in [0.4, 0.5) is 0 Å². The average Bonchev–Trinajstić information content (AvgIpc) is 3.11. The van der Waals surface area contributed by atoms with Crippen molar-refractivity contribution in [3.8, 4) is 11.5 Å². The van der Waals surface area contributed by atoms with E-state index in [2.05, 4.69) is 10.3 Å². The fourth-order valence-corrected chi connectivity index (χ4v) is 3.08. The number of aromatic nitrogens is 2. The van der Waals surface area contributed by atoms with Crippen molar-refractivity contribution in [1.29, 1.82) is 0 Å². The lowest BCUT2D eigenvalue weighted by molar-refractivity contribution is -0.121. The Balaban J connectivity index is 1.41. The van der Waals surface area contributed by atoms with Crippen LogP contribution < -0.4 is 14.8 Å². The molecule has 142 valence electrons. The Morgan fingerprint density at radius 1 is 1.11 bits per heavy atom. The van der Waals surface area contributed by atoms with E-state index in [1.807, 2.05) is 53.2 Å². The quantitative estimate of drug-likeness (QED) is 0.631. The van der Waals surface area contributed by atoms with E-state index in [0.29, 0.717) is 30.9 Å². The first-order valence-electron chi connectivity index (χ1n) is 9.10. The molecule has 0 aliphatic carbocycles. The van der Waals surface area contributed by atoms with Crippen LogP contribution in [0.3, 0.4) is 0 Å². The van der Waals surface area contributed by atoms with E-state index in [1.165, 1.54) is 0 Å². The molecule has 6 nitrogen and oxygen atoms in total. The van der Waals surface area contributed by atoms with Crippen molar-refractivity contribution in [3.05, 3.63) is 60.2 Å². The molecule has 0 bridgehead atoms. The Labute approximate surface area is 159 Å². The first kappa shape index (κ1) is 18.8. The summed E-state index contributed by atoms with van der Waals surface area (Å²) in [6.45, 7) is 0.587. The molecule has 1 aromatic carbocycles. The Bertz CT molecular complexity index is 905. The van der Waals surface area contributed by atoms with Gasteiger partial charge < -0.3 is 19.2 Å². The summed E-state index contributed by atoms with van der Waals surface area (Å²) in [5.74, 6) is 2.45. The average molecular weight is 367 g/mol. The van der Waals surface area contributed by atoms with Crippen molar-refractivity contribution < 1.29 is 14.3 Å². The zero-order valence-electron chi connectivity index (χ0n) is 15.8. The van der Waals surface area contributed by atoms with Crippen LogP contribution in [0.5, 0.6) is 11.5 Å². The summed E-state index contributed by atoms with van der Waals surface area (Å²) in [5, 5.41) is 2.98. The van der Waals surface area contributed by atoms with Crippen LogP contribution in [0.25, 0.3) is 5.52 Å². The summed E-state index contributed by atoms with van der Waals surface area (Å²) in [6, 6.07) is 11.8. The largest absolute Gasteiger partial charge is 0.493 e. The van der Waals surface area contributed by atoms with Gasteiger partial charge in [-0.05, 0) is 42.7 Å². The van der Waals surface area contributed by atoms with Gasteiger partial charge in [-0.25, -0.2) is 4.98 Å². The van der Waals surface area contributed by atoms with Gasteiger partial charge in [-0.1, -0.05) is 12.1 Å². The molecule has 0 radical (unpaired) electrons. The van der Waals surface area contributed by atoms with Crippen molar-refractivity contribution in [2.75, 3.05) is 20.8 Å². The van der Waals surface area contributed by atoms with Gasteiger partial charge in [0.05, 0.1) is 25.9 Å². The normalized spacial score (nSPS) is 10.7. The number of carbonyl (C=O) groups excluding carboxylic acids is 1. The van der Waals surface area contributed by atoms with E-state index in [0.717, 1.165) is 29.7 Å². The van der Waals surface area contributed by atoms with Crippen LogP contribution in [-0.4, -0.2) is 36.1 Å². The minimum atomic E-state index is 0.0661. The predicted octanol–water partition coefficient (Wildman–Crippen LogP) is 3.03. The molecule has 0 aliphatic rings. The van der Waals surface area contributed by atoms with Crippen LogP contribution in [-0.2, 0) is 17.6 Å². The molecule has 2 heterocycles. The number of hydrogen-bond donors (Lipinski definition) is 1. The molecule has 1 N–H and O–H groups in total. The number of rotatable bonds is 9. The predicted molar refractivity (Wildman–Crippen MR) is 104 cm³/mol.